The normalized spacial score (nSPS) is 33.5. The van der Waals surface area contributed by atoms with Gasteiger partial charge in [0.1, 0.15) is 5.78 Å². The second-order valence-electron chi connectivity index (χ2n) is 8.85. The molecule has 6 atom stereocenters. The van der Waals surface area contributed by atoms with Gasteiger partial charge >= 0.3 is 0 Å². The lowest BCUT2D eigenvalue weighted by Gasteiger charge is -2.51. The van der Waals surface area contributed by atoms with Gasteiger partial charge in [-0.2, -0.15) is 0 Å². The fourth-order valence-electron chi connectivity index (χ4n) is 5.32. The van der Waals surface area contributed by atoms with E-state index < -0.39 is 0 Å². The van der Waals surface area contributed by atoms with Crippen molar-refractivity contribution in [2.75, 3.05) is 33.0 Å². The van der Waals surface area contributed by atoms with Crippen LogP contribution in [-0.4, -0.2) is 73.2 Å². The van der Waals surface area contributed by atoms with Crippen molar-refractivity contribution < 1.29 is 14.3 Å². The first kappa shape index (κ1) is 23.1. The van der Waals surface area contributed by atoms with E-state index in [0.29, 0.717) is 19.6 Å². The van der Waals surface area contributed by atoms with Gasteiger partial charge in [0.15, 0.2) is 0 Å². The Balaban J connectivity index is 1.31. The molecule has 3 fully saturated rings. The highest BCUT2D eigenvalue weighted by atomic mass is 35.5. The molecule has 1 amide bonds. The van der Waals surface area contributed by atoms with Crippen molar-refractivity contribution in [2.24, 2.45) is 11.8 Å². The van der Waals surface area contributed by atoms with Crippen LogP contribution in [0.15, 0.2) is 29.2 Å². The van der Waals surface area contributed by atoms with E-state index in [9.17, 15) is 9.59 Å². The quantitative estimate of drug-likeness (QED) is 0.496. The van der Waals surface area contributed by atoms with Gasteiger partial charge in [0.2, 0.25) is 5.91 Å². The van der Waals surface area contributed by atoms with E-state index in [1.54, 1.807) is 18.9 Å². The number of carbonyl (C=O) groups excluding carboxylic acids is 2. The maximum atomic E-state index is 13.4. The fourth-order valence-corrected chi connectivity index (χ4v) is 6.13. The molecule has 170 valence electrons. The van der Waals surface area contributed by atoms with Crippen LogP contribution in [0.25, 0.3) is 0 Å². The minimum Gasteiger partial charge on any atom is -0.380 e. The van der Waals surface area contributed by atoms with E-state index in [1.807, 2.05) is 18.4 Å². The molecule has 31 heavy (non-hydrogen) atoms. The number of halogens is 1. The highest BCUT2D eigenvalue weighted by Gasteiger charge is 2.52. The number of alkyl halides is 1. The SMILES string of the molecule is COC1CCC(Cl)C2C(=O)C3CN(CC(=O)NCc4ccc(SC)cc4)CCC3NC12. The predicted molar refractivity (Wildman–Crippen MR) is 123 cm³/mol. The third kappa shape index (κ3) is 5.11. The number of amides is 1. The van der Waals surface area contributed by atoms with Crippen molar-refractivity contribution in [3.05, 3.63) is 29.8 Å². The molecule has 1 saturated carbocycles. The maximum absolute atomic E-state index is 13.4. The molecule has 1 aromatic rings. The van der Waals surface area contributed by atoms with Crippen molar-refractivity contribution in [1.29, 1.82) is 0 Å². The fraction of sp³-hybridized carbons (Fsp3) is 0.652. The third-order valence-corrected chi connectivity index (χ3v) is 8.25. The molecule has 1 aliphatic carbocycles. The molecule has 0 bridgehead atoms. The van der Waals surface area contributed by atoms with E-state index in [1.165, 1.54) is 4.90 Å². The molecule has 0 spiro atoms. The topological polar surface area (TPSA) is 70.7 Å². The van der Waals surface area contributed by atoms with Crippen LogP contribution >= 0.6 is 23.4 Å². The summed E-state index contributed by atoms with van der Waals surface area (Å²) in [6, 6.07) is 8.36. The Bertz CT molecular complexity index is 793. The van der Waals surface area contributed by atoms with Crippen LogP contribution in [0, 0.1) is 11.8 Å². The van der Waals surface area contributed by atoms with Crippen molar-refractivity contribution in [2.45, 2.75) is 54.3 Å². The number of piperidine rings is 2. The maximum Gasteiger partial charge on any atom is 0.234 e. The van der Waals surface area contributed by atoms with E-state index in [-0.39, 0.29) is 47.1 Å². The number of ether oxygens (including phenoxy) is 1. The number of ketones is 1. The summed E-state index contributed by atoms with van der Waals surface area (Å²) in [5.41, 5.74) is 1.08. The number of nitrogens with one attached hydrogen (secondary N) is 2. The molecule has 1 aromatic carbocycles. The number of hydrogen-bond donors (Lipinski definition) is 2. The Labute approximate surface area is 193 Å². The van der Waals surface area contributed by atoms with Gasteiger partial charge in [0, 0.05) is 55.0 Å². The number of thioether (sulfide) groups is 1. The van der Waals surface area contributed by atoms with Gasteiger partial charge in [-0.3, -0.25) is 14.5 Å². The van der Waals surface area contributed by atoms with Gasteiger partial charge < -0.3 is 15.4 Å². The molecule has 0 radical (unpaired) electrons. The number of likely N-dealkylation sites (tertiary alicyclic amines) is 1. The van der Waals surface area contributed by atoms with Crippen molar-refractivity contribution >= 4 is 35.1 Å². The first-order valence-corrected chi connectivity index (χ1v) is 12.7. The van der Waals surface area contributed by atoms with Gasteiger partial charge in [0.25, 0.3) is 0 Å². The zero-order valence-corrected chi connectivity index (χ0v) is 19.8. The molecule has 8 heteroatoms. The van der Waals surface area contributed by atoms with Crippen molar-refractivity contribution in [3.63, 3.8) is 0 Å². The average Bonchev–Trinajstić information content (AvgIpc) is 2.78. The molecular weight excluding hydrogens is 434 g/mol. The van der Waals surface area contributed by atoms with E-state index in [0.717, 1.165) is 31.4 Å². The minimum atomic E-state index is -0.209. The summed E-state index contributed by atoms with van der Waals surface area (Å²) in [5, 5.41) is 6.55. The van der Waals surface area contributed by atoms with Crippen LogP contribution in [0.2, 0.25) is 0 Å². The lowest BCUT2D eigenvalue weighted by molar-refractivity contribution is -0.140. The monoisotopic (exact) mass is 465 g/mol. The van der Waals surface area contributed by atoms with Gasteiger partial charge in [-0.15, -0.1) is 23.4 Å². The second-order valence-corrected chi connectivity index (χ2v) is 10.3. The number of methoxy groups -OCH3 is 1. The predicted octanol–water partition coefficient (Wildman–Crippen LogP) is 2.29. The zero-order chi connectivity index (χ0) is 22.0. The van der Waals surface area contributed by atoms with Crippen LogP contribution < -0.4 is 10.6 Å². The second kappa shape index (κ2) is 10.2. The summed E-state index contributed by atoms with van der Waals surface area (Å²) < 4.78 is 5.65. The van der Waals surface area contributed by atoms with Crippen LogP contribution in [0.1, 0.15) is 24.8 Å². The molecule has 2 N–H and O–H groups in total. The van der Waals surface area contributed by atoms with E-state index in [4.69, 9.17) is 16.3 Å². The molecule has 6 nitrogen and oxygen atoms in total. The Morgan fingerprint density at radius 1 is 1.29 bits per heavy atom. The van der Waals surface area contributed by atoms with Crippen molar-refractivity contribution in [3.8, 4) is 0 Å². The number of nitrogens with zero attached hydrogens (tertiary/aromatic N) is 1. The largest absolute Gasteiger partial charge is 0.380 e. The highest BCUT2D eigenvalue weighted by Crippen LogP contribution is 2.38. The number of benzene rings is 1. The zero-order valence-electron chi connectivity index (χ0n) is 18.2. The lowest BCUT2D eigenvalue weighted by atomic mass is 9.69. The van der Waals surface area contributed by atoms with Crippen LogP contribution in [0.5, 0.6) is 0 Å². The Morgan fingerprint density at radius 2 is 2.06 bits per heavy atom. The summed E-state index contributed by atoms with van der Waals surface area (Å²) in [6.45, 7) is 2.25. The summed E-state index contributed by atoms with van der Waals surface area (Å²) in [5.74, 6) is -0.0818. The Morgan fingerprint density at radius 3 is 2.77 bits per heavy atom. The Kier molecular flexibility index (Phi) is 7.60. The molecule has 0 aromatic heterocycles. The lowest BCUT2D eigenvalue weighted by Crippen LogP contribution is -2.68. The highest BCUT2D eigenvalue weighted by molar-refractivity contribution is 7.98. The molecule has 3 aliphatic rings. The number of hydrogen-bond acceptors (Lipinski definition) is 6. The molecular formula is C23H32ClN3O3S. The van der Waals surface area contributed by atoms with Gasteiger partial charge in [-0.1, -0.05) is 12.1 Å². The molecule has 2 heterocycles. The number of rotatable bonds is 6. The van der Waals surface area contributed by atoms with Crippen molar-refractivity contribution in [1.82, 2.24) is 15.5 Å². The summed E-state index contributed by atoms with van der Waals surface area (Å²) >= 11 is 8.28. The molecule has 4 rings (SSSR count). The van der Waals surface area contributed by atoms with Gasteiger partial charge in [-0.05, 0) is 43.2 Å². The van der Waals surface area contributed by atoms with Crippen LogP contribution in [-0.2, 0) is 20.9 Å². The smallest absolute Gasteiger partial charge is 0.234 e. The van der Waals surface area contributed by atoms with Crippen LogP contribution in [0.4, 0.5) is 0 Å². The summed E-state index contributed by atoms with van der Waals surface area (Å²) in [4.78, 5) is 29.2. The first-order chi connectivity index (χ1) is 15.0. The summed E-state index contributed by atoms with van der Waals surface area (Å²) in [7, 11) is 1.72. The average molecular weight is 466 g/mol. The number of carbonyl (C=O) groups is 2. The summed E-state index contributed by atoms with van der Waals surface area (Å²) in [6.07, 6.45) is 4.63. The first-order valence-electron chi connectivity index (χ1n) is 11.1. The third-order valence-electron chi connectivity index (χ3n) is 7.02. The minimum absolute atomic E-state index is 0.00217. The molecule has 6 unspecified atom stereocenters. The molecule has 2 aliphatic heterocycles. The van der Waals surface area contributed by atoms with E-state index in [2.05, 4.69) is 27.7 Å². The number of fused-ring (bicyclic) bond motifs is 2. The standard InChI is InChI=1S/C23H32ClN3O3S/c1-30-19-8-7-17(24)21-22(19)26-18-9-10-27(12-16(18)23(21)29)13-20(28)25-11-14-3-5-15(31-2)6-4-14/h3-6,16-19,21-22,26H,7-13H2,1-2H3,(H,25,28). The number of Topliss-reactive ketones (excluding diaryl/α,β-unsaturated/α-hetero) is 1. The molecule has 2 saturated heterocycles. The van der Waals surface area contributed by atoms with Gasteiger partial charge in [-0.25, -0.2) is 0 Å². The Hall–Kier alpha value is -1.12. The van der Waals surface area contributed by atoms with Gasteiger partial charge in [0.05, 0.1) is 18.6 Å². The van der Waals surface area contributed by atoms with Crippen LogP contribution in [0.3, 0.4) is 0 Å². The van der Waals surface area contributed by atoms with E-state index >= 15 is 0 Å².